The molecule has 1 fully saturated rings. The van der Waals surface area contributed by atoms with E-state index in [1.807, 2.05) is 6.92 Å². The number of anilines is 1. The third kappa shape index (κ3) is 3.52. The number of halogens is 1. The van der Waals surface area contributed by atoms with E-state index in [4.69, 9.17) is 16.3 Å². The third-order valence-corrected chi connectivity index (χ3v) is 4.19. The molecule has 20 heavy (non-hydrogen) atoms. The zero-order valence-corrected chi connectivity index (χ0v) is 12.9. The molecule has 112 valence electrons. The van der Waals surface area contributed by atoms with Gasteiger partial charge in [-0.2, -0.15) is 5.10 Å². The van der Waals surface area contributed by atoms with Gasteiger partial charge in [-0.25, -0.2) is 4.68 Å². The van der Waals surface area contributed by atoms with Crippen molar-refractivity contribution in [3.05, 3.63) is 21.6 Å². The Labute approximate surface area is 124 Å². The molecule has 2 rings (SSSR count). The number of hydrogen-bond acceptors (Lipinski definition) is 4. The number of nitrogens with one attached hydrogen (secondary N) is 1. The smallest absolute Gasteiger partial charge is 0.287 e. The number of ether oxygens (including phenoxy) is 1. The normalized spacial score (nSPS) is 17.9. The van der Waals surface area contributed by atoms with Crippen molar-refractivity contribution in [3.63, 3.8) is 0 Å². The molecule has 1 aliphatic rings. The minimum absolute atomic E-state index is 0.180. The number of hydrogen-bond donors (Lipinski definition) is 1. The van der Waals surface area contributed by atoms with Crippen molar-refractivity contribution in [2.24, 2.45) is 5.41 Å². The van der Waals surface area contributed by atoms with Gasteiger partial charge in [-0.15, -0.1) is 0 Å². The quantitative estimate of drug-likeness (QED) is 0.908. The predicted octanol–water partition coefficient (Wildman–Crippen LogP) is 2.54. The summed E-state index contributed by atoms with van der Waals surface area (Å²) in [5.41, 5.74) is 0.576. The molecule has 1 saturated heterocycles. The lowest BCUT2D eigenvalue weighted by Crippen LogP contribution is -2.34. The maximum Gasteiger partial charge on any atom is 0.287 e. The van der Waals surface area contributed by atoms with E-state index in [-0.39, 0.29) is 16.0 Å². The minimum atomic E-state index is -0.226. The van der Waals surface area contributed by atoms with E-state index in [9.17, 15) is 4.79 Å². The van der Waals surface area contributed by atoms with E-state index in [2.05, 4.69) is 17.3 Å². The topological polar surface area (TPSA) is 56.1 Å². The summed E-state index contributed by atoms with van der Waals surface area (Å²) < 4.78 is 6.79. The van der Waals surface area contributed by atoms with Gasteiger partial charge in [0.2, 0.25) is 0 Å². The largest absolute Gasteiger partial charge is 0.382 e. The van der Waals surface area contributed by atoms with Crippen LogP contribution >= 0.6 is 11.6 Å². The van der Waals surface area contributed by atoms with Gasteiger partial charge in [-0.05, 0) is 24.7 Å². The van der Waals surface area contributed by atoms with E-state index < -0.39 is 0 Å². The van der Waals surface area contributed by atoms with Crippen LogP contribution in [-0.2, 0) is 11.3 Å². The summed E-state index contributed by atoms with van der Waals surface area (Å²) in [6.07, 6.45) is 4.52. The minimum Gasteiger partial charge on any atom is -0.382 e. The number of nitrogens with zero attached hydrogens (tertiary/aromatic N) is 2. The van der Waals surface area contributed by atoms with Gasteiger partial charge < -0.3 is 10.1 Å². The van der Waals surface area contributed by atoms with E-state index in [1.54, 1.807) is 6.20 Å². The van der Waals surface area contributed by atoms with Gasteiger partial charge in [0.1, 0.15) is 5.02 Å². The van der Waals surface area contributed by atoms with Crippen molar-refractivity contribution in [2.75, 3.05) is 25.1 Å². The van der Waals surface area contributed by atoms with Crippen molar-refractivity contribution in [1.29, 1.82) is 0 Å². The summed E-state index contributed by atoms with van der Waals surface area (Å²) in [4.78, 5) is 12.0. The van der Waals surface area contributed by atoms with Crippen LogP contribution < -0.4 is 10.9 Å². The lowest BCUT2D eigenvalue weighted by molar-refractivity contribution is 0.0300. The van der Waals surface area contributed by atoms with Crippen molar-refractivity contribution in [1.82, 2.24) is 9.78 Å². The molecule has 0 amide bonds. The van der Waals surface area contributed by atoms with Gasteiger partial charge in [-0.1, -0.05) is 25.4 Å². The molecule has 0 spiro atoms. The molecule has 0 bridgehead atoms. The molecule has 1 aromatic heterocycles. The molecule has 0 saturated carbocycles. The van der Waals surface area contributed by atoms with Crippen LogP contribution in [0.2, 0.25) is 5.02 Å². The van der Waals surface area contributed by atoms with Crippen LogP contribution in [0.25, 0.3) is 0 Å². The van der Waals surface area contributed by atoms with Gasteiger partial charge in [0.05, 0.1) is 11.9 Å². The van der Waals surface area contributed by atoms with E-state index in [0.717, 1.165) is 39.0 Å². The zero-order chi connectivity index (χ0) is 14.6. The highest BCUT2D eigenvalue weighted by Crippen LogP contribution is 2.30. The van der Waals surface area contributed by atoms with Crippen LogP contribution in [0.15, 0.2) is 11.0 Å². The summed E-state index contributed by atoms with van der Waals surface area (Å²) in [5.74, 6) is 0. The fourth-order valence-electron chi connectivity index (χ4n) is 2.31. The average molecular weight is 300 g/mol. The molecule has 0 atom stereocenters. The summed E-state index contributed by atoms with van der Waals surface area (Å²) in [5, 5.41) is 7.64. The Morgan fingerprint density at radius 1 is 1.50 bits per heavy atom. The van der Waals surface area contributed by atoms with Crippen LogP contribution in [-0.4, -0.2) is 29.5 Å². The molecule has 2 heterocycles. The lowest BCUT2D eigenvalue weighted by atomic mass is 9.82. The molecule has 6 heteroatoms. The van der Waals surface area contributed by atoms with E-state index in [0.29, 0.717) is 12.2 Å². The van der Waals surface area contributed by atoms with Crippen molar-refractivity contribution in [3.8, 4) is 0 Å². The molecule has 0 radical (unpaired) electrons. The molecule has 0 aliphatic carbocycles. The number of rotatable bonds is 5. The van der Waals surface area contributed by atoms with Crippen LogP contribution in [0.4, 0.5) is 5.69 Å². The summed E-state index contributed by atoms with van der Waals surface area (Å²) in [6.45, 7) is 7.18. The lowest BCUT2D eigenvalue weighted by Gasteiger charge is -2.33. The number of aryl methyl sites for hydroxylation is 1. The molecule has 0 aromatic carbocycles. The first-order valence-corrected chi connectivity index (χ1v) is 7.51. The van der Waals surface area contributed by atoms with Crippen LogP contribution in [0, 0.1) is 5.41 Å². The van der Waals surface area contributed by atoms with Crippen LogP contribution in [0.3, 0.4) is 0 Å². The fraction of sp³-hybridized carbons (Fsp3) is 0.714. The SMILES string of the molecule is CCCn1ncc(NCC2(C)CCOCC2)c(Cl)c1=O. The zero-order valence-electron chi connectivity index (χ0n) is 12.1. The Hall–Kier alpha value is -1.07. The van der Waals surface area contributed by atoms with Crippen molar-refractivity contribution >= 4 is 17.3 Å². The van der Waals surface area contributed by atoms with Crippen LogP contribution in [0.5, 0.6) is 0 Å². The Morgan fingerprint density at radius 2 is 2.20 bits per heavy atom. The maximum absolute atomic E-state index is 12.0. The van der Waals surface area contributed by atoms with Gasteiger partial charge >= 0.3 is 0 Å². The number of aromatic nitrogens is 2. The Bertz CT molecular complexity index is 510. The molecule has 1 aromatic rings. The second kappa shape index (κ2) is 6.59. The summed E-state index contributed by atoms with van der Waals surface area (Å²) >= 11 is 6.14. The Kier molecular flexibility index (Phi) is 5.05. The van der Waals surface area contributed by atoms with Crippen LogP contribution in [0.1, 0.15) is 33.1 Å². The first-order valence-electron chi connectivity index (χ1n) is 7.13. The van der Waals surface area contributed by atoms with E-state index >= 15 is 0 Å². The Balaban J connectivity index is 2.06. The van der Waals surface area contributed by atoms with Crippen molar-refractivity contribution in [2.45, 2.75) is 39.7 Å². The van der Waals surface area contributed by atoms with Gasteiger partial charge in [0.25, 0.3) is 5.56 Å². The average Bonchev–Trinajstić information content (AvgIpc) is 2.44. The highest BCUT2D eigenvalue weighted by atomic mass is 35.5. The molecule has 1 aliphatic heterocycles. The first kappa shape index (κ1) is 15.3. The molecular formula is C14H22ClN3O2. The summed E-state index contributed by atoms with van der Waals surface area (Å²) in [6, 6.07) is 0. The predicted molar refractivity (Wildman–Crippen MR) is 80.4 cm³/mol. The van der Waals surface area contributed by atoms with Gasteiger partial charge in [-0.3, -0.25) is 4.79 Å². The fourth-order valence-corrected chi connectivity index (χ4v) is 2.52. The Morgan fingerprint density at radius 3 is 2.85 bits per heavy atom. The first-order chi connectivity index (χ1) is 9.56. The monoisotopic (exact) mass is 299 g/mol. The molecule has 1 N–H and O–H groups in total. The van der Waals surface area contributed by atoms with Gasteiger partial charge in [0.15, 0.2) is 0 Å². The third-order valence-electron chi connectivity index (χ3n) is 3.83. The molecule has 0 unspecified atom stereocenters. The van der Waals surface area contributed by atoms with Gasteiger partial charge in [0, 0.05) is 26.3 Å². The second-order valence-corrected chi connectivity index (χ2v) is 6.06. The maximum atomic E-state index is 12.0. The van der Waals surface area contributed by atoms with E-state index in [1.165, 1.54) is 4.68 Å². The summed E-state index contributed by atoms with van der Waals surface area (Å²) in [7, 11) is 0. The van der Waals surface area contributed by atoms with Crippen molar-refractivity contribution < 1.29 is 4.74 Å². The highest BCUT2D eigenvalue weighted by molar-refractivity contribution is 6.32. The standard InChI is InChI=1S/C14H22ClN3O2/c1-3-6-18-13(19)12(15)11(9-17-18)16-10-14(2)4-7-20-8-5-14/h9,16H,3-8,10H2,1-2H3. The second-order valence-electron chi connectivity index (χ2n) is 5.68. The molecule has 5 nitrogen and oxygen atoms in total. The molecular weight excluding hydrogens is 278 g/mol. The highest BCUT2D eigenvalue weighted by Gasteiger charge is 2.27.